The highest BCUT2D eigenvalue weighted by molar-refractivity contribution is 5.73. The van der Waals surface area contributed by atoms with E-state index in [-0.39, 0.29) is 5.56 Å². The lowest BCUT2D eigenvalue weighted by Crippen LogP contribution is -2.60. The van der Waals surface area contributed by atoms with E-state index in [1.807, 2.05) is 0 Å². The molecule has 5 N–H and O–H groups in total. The minimum atomic E-state index is -4.95. The van der Waals surface area contributed by atoms with Crippen LogP contribution in [0.1, 0.15) is 5.56 Å². The lowest BCUT2D eigenvalue weighted by molar-refractivity contribution is -0.297. The fraction of sp³-hybridized carbons (Fsp3) is 0.500. The third-order valence-electron chi connectivity index (χ3n) is 3.50. The van der Waals surface area contributed by atoms with Crippen LogP contribution < -0.4 is 4.74 Å². The van der Waals surface area contributed by atoms with Crippen molar-refractivity contribution in [2.75, 3.05) is 0 Å². The summed E-state index contributed by atoms with van der Waals surface area (Å²) in [4.78, 5) is 11.0. The lowest BCUT2D eigenvalue weighted by Gasteiger charge is -2.38. The first-order valence-corrected chi connectivity index (χ1v) is 7.11. The predicted molar refractivity (Wildman–Crippen MR) is 73.9 cm³/mol. The second-order valence-electron chi connectivity index (χ2n) is 5.38. The maximum absolute atomic E-state index is 12.2. The van der Waals surface area contributed by atoms with E-state index in [1.54, 1.807) is 0 Å². The third-order valence-corrected chi connectivity index (χ3v) is 3.50. The normalized spacial score (nSPS) is 29.4. The van der Waals surface area contributed by atoms with Gasteiger partial charge in [0.05, 0.1) is 6.61 Å². The Morgan fingerprint density at radius 2 is 1.81 bits per heavy atom. The van der Waals surface area contributed by atoms with Crippen LogP contribution in [0.4, 0.5) is 13.2 Å². The number of alkyl halides is 3. The van der Waals surface area contributed by atoms with Crippen LogP contribution >= 0.6 is 0 Å². The molecule has 0 radical (unpaired) electrons. The van der Waals surface area contributed by atoms with E-state index < -0.39 is 61.1 Å². The first kappa shape index (κ1) is 20.2. The number of carboxylic acid groups (broad SMARTS) is 1. The van der Waals surface area contributed by atoms with Gasteiger partial charge >= 0.3 is 12.3 Å². The quantitative estimate of drug-likeness (QED) is 0.462. The molecule has 1 fully saturated rings. The molecule has 2 rings (SSSR count). The highest BCUT2D eigenvalue weighted by atomic mass is 19.4. The molecular weight excluding hydrogens is 369 g/mol. The van der Waals surface area contributed by atoms with Crippen molar-refractivity contribution < 1.29 is 57.7 Å². The highest BCUT2D eigenvalue weighted by Crippen LogP contribution is 2.29. The molecule has 1 saturated heterocycles. The summed E-state index contributed by atoms with van der Waals surface area (Å²) < 4.78 is 50.2. The molecule has 1 heterocycles. The Balaban J connectivity index is 2.09. The third kappa shape index (κ3) is 4.74. The molecular formula is C14H15F3O9. The van der Waals surface area contributed by atoms with Gasteiger partial charge in [0.15, 0.2) is 12.4 Å². The van der Waals surface area contributed by atoms with Gasteiger partial charge in [-0.3, -0.25) is 0 Å². The van der Waals surface area contributed by atoms with Gasteiger partial charge < -0.3 is 39.7 Å². The molecule has 26 heavy (non-hydrogen) atoms. The first-order valence-electron chi connectivity index (χ1n) is 7.11. The van der Waals surface area contributed by atoms with Crippen molar-refractivity contribution in [3.8, 4) is 11.5 Å². The smallest absolute Gasteiger partial charge is 0.508 e. The Kier molecular flexibility index (Phi) is 5.93. The van der Waals surface area contributed by atoms with Crippen LogP contribution in [0.3, 0.4) is 0 Å². The topological polar surface area (TPSA) is 146 Å². The molecule has 1 aliphatic heterocycles. The van der Waals surface area contributed by atoms with Crippen LogP contribution in [-0.4, -0.2) is 68.6 Å². The number of aromatic hydroxyl groups is 1. The van der Waals surface area contributed by atoms with Gasteiger partial charge in [-0.15, -0.1) is 13.2 Å². The van der Waals surface area contributed by atoms with Crippen molar-refractivity contribution in [1.82, 2.24) is 0 Å². The average molecular weight is 384 g/mol. The molecule has 0 amide bonds. The van der Waals surface area contributed by atoms with Gasteiger partial charge in [0, 0.05) is 5.56 Å². The van der Waals surface area contributed by atoms with E-state index in [1.165, 1.54) is 0 Å². The van der Waals surface area contributed by atoms with Crippen LogP contribution in [-0.2, 0) is 20.9 Å². The number of phenolic OH excluding ortho intramolecular Hbond substituents is 1. The molecule has 0 aromatic heterocycles. The number of ether oxygens (including phenoxy) is 3. The van der Waals surface area contributed by atoms with Crippen molar-refractivity contribution in [2.45, 2.75) is 43.7 Å². The van der Waals surface area contributed by atoms with Crippen molar-refractivity contribution in [1.29, 1.82) is 0 Å². The second kappa shape index (κ2) is 7.63. The maximum atomic E-state index is 12.2. The Hall–Kier alpha value is -2.12. The van der Waals surface area contributed by atoms with E-state index >= 15 is 0 Å². The van der Waals surface area contributed by atoms with E-state index in [0.717, 1.165) is 18.2 Å². The lowest BCUT2D eigenvalue weighted by atomic mass is 9.99. The van der Waals surface area contributed by atoms with Crippen molar-refractivity contribution in [2.24, 2.45) is 0 Å². The number of hydrogen-bond acceptors (Lipinski definition) is 8. The molecule has 1 aromatic carbocycles. The van der Waals surface area contributed by atoms with Crippen LogP contribution in [0.25, 0.3) is 0 Å². The number of aliphatic carboxylic acids is 1. The molecule has 0 aliphatic carbocycles. The molecule has 0 saturated carbocycles. The number of aliphatic hydroxyl groups excluding tert-OH is 3. The number of halogens is 3. The Morgan fingerprint density at radius 3 is 2.38 bits per heavy atom. The summed E-state index contributed by atoms with van der Waals surface area (Å²) in [5.74, 6) is -2.72. The SMILES string of the molecule is O=C(O)[C@H]1O[C@@H](OCc2cc(OC(F)(F)F)ccc2O)[C@H](O)[C@@H](O)[C@@H]1O. The van der Waals surface area contributed by atoms with Crippen LogP contribution in [0.15, 0.2) is 18.2 Å². The van der Waals surface area contributed by atoms with E-state index in [4.69, 9.17) is 14.6 Å². The monoisotopic (exact) mass is 384 g/mol. The van der Waals surface area contributed by atoms with Gasteiger partial charge in [0.2, 0.25) is 0 Å². The molecule has 9 nitrogen and oxygen atoms in total. The van der Waals surface area contributed by atoms with E-state index in [0.29, 0.717) is 0 Å². The van der Waals surface area contributed by atoms with E-state index in [9.17, 15) is 38.4 Å². The van der Waals surface area contributed by atoms with Gasteiger partial charge in [0.25, 0.3) is 0 Å². The predicted octanol–water partition coefficient (Wildman–Crippen LogP) is -0.300. The zero-order chi connectivity index (χ0) is 19.6. The first-order chi connectivity index (χ1) is 12.0. The highest BCUT2D eigenvalue weighted by Gasteiger charge is 2.47. The second-order valence-corrected chi connectivity index (χ2v) is 5.38. The number of carboxylic acids is 1. The summed E-state index contributed by atoms with van der Waals surface area (Å²) in [6.07, 6.45) is -14.2. The summed E-state index contributed by atoms with van der Waals surface area (Å²) in [7, 11) is 0. The molecule has 0 spiro atoms. The van der Waals surface area contributed by atoms with Crippen LogP contribution in [0.5, 0.6) is 11.5 Å². The van der Waals surface area contributed by atoms with E-state index in [2.05, 4.69) is 4.74 Å². The van der Waals surface area contributed by atoms with Gasteiger partial charge in [-0.2, -0.15) is 0 Å². The van der Waals surface area contributed by atoms with Crippen LogP contribution in [0, 0.1) is 0 Å². The molecule has 0 bridgehead atoms. The minimum absolute atomic E-state index is 0.185. The molecule has 146 valence electrons. The standard InChI is InChI=1S/C14H15F3O9/c15-14(16,17)26-6-1-2-7(18)5(3-6)4-24-13-10(21)8(19)9(20)11(25-13)12(22)23/h1-3,8-11,13,18-21H,4H2,(H,22,23)/t8-,9-,10+,11-,13+/m0/s1. The molecule has 5 atom stereocenters. The Labute approximate surface area is 143 Å². The maximum Gasteiger partial charge on any atom is 0.573 e. The number of benzene rings is 1. The Bertz CT molecular complexity index is 651. The summed E-state index contributed by atoms with van der Waals surface area (Å²) in [6, 6.07) is 2.59. The summed E-state index contributed by atoms with van der Waals surface area (Å²) in [6.45, 7) is -0.613. The number of carbonyl (C=O) groups is 1. The molecule has 1 aromatic rings. The zero-order valence-electron chi connectivity index (χ0n) is 12.8. The molecule has 1 aliphatic rings. The zero-order valence-corrected chi connectivity index (χ0v) is 12.8. The summed E-state index contributed by atoms with van der Waals surface area (Å²) in [5, 5.41) is 47.5. The number of aliphatic hydroxyl groups is 3. The summed E-state index contributed by atoms with van der Waals surface area (Å²) in [5.41, 5.74) is -0.185. The Morgan fingerprint density at radius 1 is 1.15 bits per heavy atom. The average Bonchev–Trinajstić information content (AvgIpc) is 2.53. The van der Waals surface area contributed by atoms with Gasteiger partial charge in [-0.25, -0.2) is 4.79 Å². The largest absolute Gasteiger partial charge is 0.573 e. The molecule has 0 unspecified atom stereocenters. The minimum Gasteiger partial charge on any atom is -0.508 e. The number of hydrogen-bond donors (Lipinski definition) is 5. The van der Waals surface area contributed by atoms with Crippen molar-refractivity contribution in [3.63, 3.8) is 0 Å². The molecule has 12 heteroatoms. The van der Waals surface area contributed by atoms with Gasteiger partial charge in [0.1, 0.15) is 29.8 Å². The number of phenols is 1. The fourth-order valence-corrected chi connectivity index (χ4v) is 2.24. The van der Waals surface area contributed by atoms with Gasteiger partial charge in [-0.1, -0.05) is 0 Å². The fourth-order valence-electron chi connectivity index (χ4n) is 2.24. The van der Waals surface area contributed by atoms with Crippen molar-refractivity contribution >= 4 is 5.97 Å². The number of rotatable bonds is 5. The van der Waals surface area contributed by atoms with Gasteiger partial charge in [-0.05, 0) is 18.2 Å². The summed E-state index contributed by atoms with van der Waals surface area (Å²) >= 11 is 0. The van der Waals surface area contributed by atoms with Crippen LogP contribution in [0.2, 0.25) is 0 Å². The van der Waals surface area contributed by atoms with Crippen molar-refractivity contribution in [3.05, 3.63) is 23.8 Å².